The highest BCUT2D eigenvalue weighted by atomic mass is 32.1. The molecule has 2 aromatic rings. The van der Waals surface area contributed by atoms with E-state index in [4.69, 9.17) is 17.0 Å². The zero-order valence-electron chi connectivity index (χ0n) is 12.2. The molecule has 1 unspecified atom stereocenters. The summed E-state index contributed by atoms with van der Waals surface area (Å²) in [6, 6.07) is 6.51. The summed E-state index contributed by atoms with van der Waals surface area (Å²) in [6.07, 6.45) is 0.220. The highest BCUT2D eigenvalue weighted by Gasteiger charge is 2.18. The van der Waals surface area contributed by atoms with Crippen molar-refractivity contribution < 1.29 is 9.13 Å². The van der Waals surface area contributed by atoms with Crippen LogP contribution in [0.25, 0.3) is 0 Å². The van der Waals surface area contributed by atoms with Gasteiger partial charge in [0.25, 0.3) is 0 Å². The van der Waals surface area contributed by atoms with Crippen molar-refractivity contribution in [3.05, 3.63) is 34.0 Å². The molecular formula is C14H17FN4OS2. The Morgan fingerprint density at radius 3 is 3.09 bits per heavy atom. The third kappa shape index (κ3) is 3.70. The normalized spacial score (nSPS) is 19.3. The first-order chi connectivity index (χ1) is 10.6. The minimum Gasteiger partial charge on any atom is -0.376 e. The molecule has 0 radical (unpaired) electrons. The van der Waals surface area contributed by atoms with Crippen LogP contribution >= 0.6 is 23.6 Å². The Balaban J connectivity index is 1.71. The second kappa shape index (κ2) is 6.82. The Hall–Kier alpha value is -1.35. The van der Waals surface area contributed by atoms with Crippen molar-refractivity contribution in [1.82, 2.24) is 14.7 Å². The lowest BCUT2D eigenvalue weighted by Gasteiger charge is -2.30. The highest BCUT2D eigenvalue weighted by Crippen LogP contribution is 2.22. The summed E-state index contributed by atoms with van der Waals surface area (Å²) >= 11 is 6.69. The van der Waals surface area contributed by atoms with Crippen LogP contribution in [0.15, 0.2) is 24.3 Å². The predicted octanol–water partition coefficient (Wildman–Crippen LogP) is 3.23. The number of ether oxygens (including phenoxy) is 1. The maximum absolute atomic E-state index is 13.7. The van der Waals surface area contributed by atoms with Gasteiger partial charge in [0.2, 0.25) is 5.13 Å². The Bertz CT molecular complexity index is 702. The number of anilines is 2. The number of aromatic nitrogens is 2. The molecule has 1 aliphatic rings. The van der Waals surface area contributed by atoms with E-state index >= 15 is 0 Å². The number of halogens is 1. The third-order valence-electron chi connectivity index (χ3n) is 3.38. The largest absolute Gasteiger partial charge is 0.376 e. The average Bonchev–Trinajstić information content (AvgIpc) is 2.81. The van der Waals surface area contributed by atoms with Gasteiger partial charge in [-0.1, -0.05) is 23.5 Å². The highest BCUT2D eigenvalue weighted by molar-refractivity contribution is 7.73. The van der Waals surface area contributed by atoms with Crippen LogP contribution in [0.2, 0.25) is 0 Å². The van der Waals surface area contributed by atoms with Gasteiger partial charge in [-0.25, -0.2) is 9.07 Å². The molecule has 8 heteroatoms. The monoisotopic (exact) mass is 340 g/mol. The van der Waals surface area contributed by atoms with E-state index in [9.17, 15) is 4.39 Å². The molecule has 1 aliphatic heterocycles. The summed E-state index contributed by atoms with van der Waals surface area (Å²) in [6.45, 7) is 5.12. The summed E-state index contributed by atoms with van der Waals surface area (Å²) in [7, 11) is 0. The second-order valence-corrected chi connectivity index (χ2v) is 6.80. The van der Waals surface area contributed by atoms with Crippen LogP contribution in [0.5, 0.6) is 0 Å². The van der Waals surface area contributed by atoms with Crippen molar-refractivity contribution in [3.8, 4) is 0 Å². The van der Waals surface area contributed by atoms with E-state index in [1.807, 2.05) is 0 Å². The summed E-state index contributed by atoms with van der Waals surface area (Å²) in [5.41, 5.74) is 0.401. The maximum Gasteiger partial charge on any atom is 0.209 e. The summed E-state index contributed by atoms with van der Waals surface area (Å²) < 4.78 is 21.6. The first kappa shape index (κ1) is 15.5. The van der Waals surface area contributed by atoms with Crippen molar-refractivity contribution in [2.24, 2.45) is 0 Å². The summed E-state index contributed by atoms with van der Waals surface area (Å²) in [4.78, 5) is 2.25. The first-order valence-electron chi connectivity index (χ1n) is 7.05. The predicted molar refractivity (Wildman–Crippen MR) is 87.6 cm³/mol. The van der Waals surface area contributed by atoms with E-state index in [0.29, 0.717) is 21.4 Å². The molecule has 1 aromatic heterocycles. The lowest BCUT2D eigenvalue weighted by molar-refractivity contribution is -0.0305. The zero-order valence-corrected chi connectivity index (χ0v) is 13.8. The first-order valence-corrected chi connectivity index (χ1v) is 8.28. The second-order valence-electron chi connectivity index (χ2n) is 5.18. The molecule has 0 aliphatic carbocycles. The fourth-order valence-corrected chi connectivity index (χ4v) is 3.34. The molecule has 118 valence electrons. The molecule has 5 nitrogen and oxygen atoms in total. The van der Waals surface area contributed by atoms with Crippen LogP contribution in [0, 0.1) is 9.77 Å². The van der Waals surface area contributed by atoms with Crippen LogP contribution in [0.3, 0.4) is 0 Å². The summed E-state index contributed by atoms with van der Waals surface area (Å²) in [5.74, 6) is -0.308. The molecule has 0 saturated carbocycles. The van der Waals surface area contributed by atoms with Gasteiger partial charge < -0.3 is 10.1 Å². The van der Waals surface area contributed by atoms with Gasteiger partial charge in [-0.15, -0.1) is 5.10 Å². The van der Waals surface area contributed by atoms with Gasteiger partial charge in [0.1, 0.15) is 5.82 Å². The van der Waals surface area contributed by atoms with Gasteiger partial charge in [-0.3, -0.25) is 4.90 Å². The van der Waals surface area contributed by atoms with E-state index in [2.05, 4.69) is 22.2 Å². The lowest BCUT2D eigenvalue weighted by atomic mass is 10.3. The van der Waals surface area contributed by atoms with Gasteiger partial charge in [0.05, 0.1) is 25.1 Å². The SMILES string of the molecule is CC1CN(Cn2nc(Nc3ccccc3F)sc2=S)CCO1. The number of hydrogen-bond acceptors (Lipinski definition) is 6. The molecule has 0 spiro atoms. The van der Waals surface area contributed by atoms with Crippen molar-refractivity contribution >= 4 is 34.4 Å². The molecule has 22 heavy (non-hydrogen) atoms. The van der Waals surface area contributed by atoms with Crippen molar-refractivity contribution in [2.75, 3.05) is 25.0 Å². The van der Waals surface area contributed by atoms with Gasteiger partial charge in [-0.2, -0.15) is 0 Å². The van der Waals surface area contributed by atoms with Crippen LogP contribution in [-0.4, -0.2) is 40.5 Å². The Kier molecular flexibility index (Phi) is 4.82. The van der Waals surface area contributed by atoms with Crippen LogP contribution in [-0.2, 0) is 11.4 Å². The molecule has 1 N–H and O–H groups in total. The fraction of sp³-hybridized carbons (Fsp3) is 0.429. The molecule has 1 aromatic carbocycles. The Morgan fingerprint density at radius 2 is 2.32 bits per heavy atom. The molecular weight excluding hydrogens is 323 g/mol. The number of benzene rings is 1. The Morgan fingerprint density at radius 1 is 1.50 bits per heavy atom. The lowest BCUT2D eigenvalue weighted by Crippen LogP contribution is -2.42. The number of hydrogen-bond donors (Lipinski definition) is 1. The molecule has 1 fully saturated rings. The topological polar surface area (TPSA) is 42.3 Å². The molecule has 0 bridgehead atoms. The minimum atomic E-state index is -0.308. The number of nitrogens with one attached hydrogen (secondary N) is 1. The van der Waals surface area contributed by atoms with E-state index in [0.717, 1.165) is 19.7 Å². The maximum atomic E-state index is 13.7. The van der Waals surface area contributed by atoms with E-state index in [1.54, 1.807) is 22.9 Å². The van der Waals surface area contributed by atoms with Crippen LogP contribution in [0.1, 0.15) is 6.92 Å². The van der Waals surface area contributed by atoms with Gasteiger partial charge in [-0.05, 0) is 31.3 Å². The Labute approximate surface area is 137 Å². The van der Waals surface area contributed by atoms with Crippen molar-refractivity contribution in [3.63, 3.8) is 0 Å². The average molecular weight is 340 g/mol. The van der Waals surface area contributed by atoms with Gasteiger partial charge >= 0.3 is 0 Å². The molecule has 0 amide bonds. The zero-order chi connectivity index (χ0) is 15.5. The van der Waals surface area contributed by atoms with Gasteiger partial charge in [0, 0.05) is 13.1 Å². The van der Waals surface area contributed by atoms with Crippen molar-refractivity contribution in [1.29, 1.82) is 0 Å². The number of para-hydroxylation sites is 1. The van der Waals surface area contributed by atoms with Crippen molar-refractivity contribution in [2.45, 2.75) is 19.7 Å². The van der Waals surface area contributed by atoms with Gasteiger partial charge in [0.15, 0.2) is 3.95 Å². The number of rotatable bonds is 4. The molecule has 1 atom stereocenters. The quantitative estimate of drug-likeness (QED) is 0.866. The summed E-state index contributed by atoms with van der Waals surface area (Å²) in [5, 5.41) is 8.01. The van der Waals surface area contributed by atoms with E-state index in [-0.39, 0.29) is 11.9 Å². The third-order valence-corrected chi connectivity index (χ3v) is 4.60. The number of morpholine rings is 1. The van der Waals surface area contributed by atoms with E-state index in [1.165, 1.54) is 17.4 Å². The molecule has 2 heterocycles. The van der Waals surface area contributed by atoms with Crippen LogP contribution in [0.4, 0.5) is 15.2 Å². The smallest absolute Gasteiger partial charge is 0.209 e. The fourth-order valence-electron chi connectivity index (χ4n) is 2.33. The molecule has 3 rings (SSSR count). The number of nitrogens with zero attached hydrogens (tertiary/aromatic N) is 3. The van der Waals surface area contributed by atoms with E-state index < -0.39 is 0 Å². The minimum absolute atomic E-state index is 0.220. The van der Waals surface area contributed by atoms with Crippen LogP contribution < -0.4 is 5.32 Å². The standard InChI is InChI=1S/C14H17FN4OS2/c1-10-8-18(6-7-20-10)9-19-14(21)22-13(17-19)16-12-5-3-2-4-11(12)15/h2-5,10H,6-9H2,1H3,(H,16,17). The molecule has 1 saturated heterocycles.